The number of nitrogens with one attached hydrogen (secondary N) is 1. The zero-order chi connectivity index (χ0) is 21.3. The number of carbonyl (C=O) groups is 2. The number of aromatic carboxylic acids is 1. The Morgan fingerprint density at radius 1 is 1.10 bits per heavy atom. The van der Waals surface area contributed by atoms with Crippen molar-refractivity contribution in [1.82, 2.24) is 9.78 Å². The summed E-state index contributed by atoms with van der Waals surface area (Å²) in [5.74, 6) is -2.53. The Kier molecular flexibility index (Phi) is 5.67. The highest BCUT2D eigenvalue weighted by molar-refractivity contribution is 9.10. The fourth-order valence-electron chi connectivity index (χ4n) is 2.54. The van der Waals surface area contributed by atoms with Crippen molar-refractivity contribution in [3.05, 3.63) is 74.8 Å². The normalized spacial score (nSPS) is 11.3. The molecule has 3 rings (SSSR count). The second-order valence-electron chi connectivity index (χ2n) is 5.68. The van der Waals surface area contributed by atoms with E-state index in [4.69, 9.17) is 11.6 Å². The number of para-hydroxylation sites is 1. The highest BCUT2D eigenvalue weighted by Gasteiger charge is 2.35. The Morgan fingerprint density at radius 3 is 2.34 bits per heavy atom. The maximum Gasteiger partial charge on any atom is 0.418 e. The Balaban J connectivity index is 2.18. The van der Waals surface area contributed by atoms with Crippen LogP contribution in [0.15, 0.2) is 53.0 Å². The van der Waals surface area contributed by atoms with Gasteiger partial charge in [0.1, 0.15) is 0 Å². The molecule has 0 aliphatic heterocycles. The van der Waals surface area contributed by atoms with Crippen molar-refractivity contribution >= 4 is 45.2 Å². The predicted molar refractivity (Wildman–Crippen MR) is 103 cm³/mol. The molecule has 0 saturated carbocycles. The fourth-order valence-corrected chi connectivity index (χ4v) is 3.27. The Bertz CT molecular complexity index is 1120. The van der Waals surface area contributed by atoms with E-state index in [0.29, 0.717) is 4.68 Å². The van der Waals surface area contributed by atoms with Crippen LogP contribution in [0.2, 0.25) is 5.02 Å². The van der Waals surface area contributed by atoms with E-state index in [1.807, 2.05) is 0 Å². The summed E-state index contributed by atoms with van der Waals surface area (Å²) >= 11 is 8.99. The summed E-state index contributed by atoms with van der Waals surface area (Å²) < 4.78 is 40.8. The number of benzene rings is 2. The third-order valence-corrected chi connectivity index (χ3v) is 4.90. The molecule has 0 aliphatic carbocycles. The minimum atomic E-state index is -4.73. The van der Waals surface area contributed by atoms with Crippen molar-refractivity contribution in [2.75, 3.05) is 5.32 Å². The molecule has 6 nitrogen and oxygen atoms in total. The maximum absolute atomic E-state index is 13.4. The van der Waals surface area contributed by atoms with Crippen LogP contribution in [0.3, 0.4) is 0 Å². The molecule has 2 aromatic carbocycles. The maximum atomic E-state index is 13.4. The van der Waals surface area contributed by atoms with Crippen molar-refractivity contribution in [3.8, 4) is 5.69 Å². The van der Waals surface area contributed by atoms with Gasteiger partial charge in [0.25, 0.3) is 5.91 Å². The smallest absolute Gasteiger partial charge is 0.418 e. The van der Waals surface area contributed by atoms with Crippen LogP contribution < -0.4 is 5.32 Å². The first-order valence-electron chi connectivity index (χ1n) is 7.85. The molecule has 0 radical (unpaired) electrons. The first-order valence-corrected chi connectivity index (χ1v) is 9.02. The molecule has 1 heterocycles. The molecule has 1 aromatic heterocycles. The number of carbonyl (C=O) groups excluding carboxylic acids is 1. The number of carboxylic acid groups (broad SMARTS) is 1. The van der Waals surface area contributed by atoms with E-state index in [1.54, 1.807) is 12.1 Å². The monoisotopic (exact) mass is 487 g/mol. The van der Waals surface area contributed by atoms with Gasteiger partial charge in [0.05, 0.1) is 26.3 Å². The van der Waals surface area contributed by atoms with Crippen molar-refractivity contribution in [3.63, 3.8) is 0 Å². The van der Waals surface area contributed by atoms with Gasteiger partial charge in [-0.25, -0.2) is 9.48 Å². The summed E-state index contributed by atoms with van der Waals surface area (Å²) in [6.07, 6.45) is -4.73. The van der Waals surface area contributed by atoms with E-state index in [1.165, 1.54) is 24.3 Å². The summed E-state index contributed by atoms with van der Waals surface area (Å²) in [7, 11) is 0. The van der Waals surface area contributed by atoms with Crippen molar-refractivity contribution in [2.45, 2.75) is 6.18 Å². The van der Waals surface area contributed by atoms with Crippen LogP contribution >= 0.6 is 27.5 Å². The van der Waals surface area contributed by atoms with Gasteiger partial charge in [-0.15, -0.1) is 0 Å². The van der Waals surface area contributed by atoms with Crippen LogP contribution in [0.1, 0.15) is 26.4 Å². The van der Waals surface area contributed by atoms with Crippen LogP contribution in [0.4, 0.5) is 19.0 Å². The van der Waals surface area contributed by atoms with E-state index in [0.717, 1.165) is 12.1 Å². The van der Waals surface area contributed by atoms with E-state index in [9.17, 15) is 27.9 Å². The zero-order valence-electron chi connectivity index (χ0n) is 14.2. The minimum absolute atomic E-state index is 0.0507. The molecule has 0 fully saturated rings. The van der Waals surface area contributed by atoms with Gasteiger partial charge in [-0.05, 0) is 40.2 Å². The second-order valence-corrected chi connectivity index (χ2v) is 6.88. The third kappa shape index (κ3) is 4.13. The number of rotatable bonds is 4. The van der Waals surface area contributed by atoms with Gasteiger partial charge >= 0.3 is 12.1 Å². The fraction of sp³-hybridized carbons (Fsp3) is 0.0556. The summed E-state index contributed by atoms with van der Waals surface area (Å²) in [5, 5.41) is 15.6. The molecule has 29 heavy (non-hydrogen) atoms. The molecule has 1 amide bonds. The SMILES string of the molecule is O=C(Nc1c(Br)c(C(=O)O)nn1-c1ccccc1C(F)(F)F)c1ccccc1Cl. The number of hydrogen-bond donors (Lipinski definition) is 2. The average molecular weight is 489 g/mol. The molecule has 150 valence electrons. The number of anilines is 1. The lowest BCUT2D eigenvalue weighted by atomic mass is 10.1. The standard InChI is InChI=1S/C18H10BrClF3N3O3/c19-13-14(17(28)29)25-26(12-8-4-2-6-10(12)18(21,22)23)15(13)24-16(27)9-5-1-3-7-11(9)20/h1-8H,(H,24,27)(H,28,29). The quantitative estimate of drug-likeness (QED) is 0.525. The first kappa shape index (κ1) is 20.9. The van der Waals surface area contributed by atoms with Crippen LogP contribution in [0.25, 0.3) is 5.69 Å². The van der Waals surface area contributed by atoms with Gasteiger partial charge in [0.15, 0.2) is 11.5 Å². The van der Waals surface area contributed by atoms with E-state index in [-0.39, 0.29) is 20.9 Å². The number of halogens is 5. The lowest BCUT2D eigenvalue weighted by Crippen LogP contribution is -2.18. The van der Waals surface area contributed by atoms with Crippen LogP contribution in [-0.4, -0.2) is 26.8 Å². The number of alkyl halides is 3. The number of nitrogens with zero attached hydrogens (tertiary/aromatic N) is 2. The molecule has 0 atom stereocenters. The lowest BCUT2D eigenvalue weighted by molar-refractivity contribution is -0.137. The van der Waals surface area contributed by atoms with Crippen molar-refractivity contribution in [1.29, 1.82) is 0 Å². The van der Waals surface area contributed by atoms with E-state index in [2.05, 4.69) is 26.3 Å². The van der Waals surface area contributed by atoms with Gasteiger partial charge in [0, 0.05) is 0 Å². The molecule has 0 saturated heterocycles. The van der Waals surface area contributed by atoms with Gasteiger partial charge in [0.2, 0.25) is 0 Å². The third-order valence-electron chi connectivity index (χ3n) is 3.82. The molecule has 0 aliphatic rings. The van der Waals surface area contributed by atoms with Gasteiger partial charge in [-0.1, -0.05) is 35.9 Å². The number of aromatic nitrogens is 2. The summed E-state index contributed by atoms with van der Waals surface area (Å²) in [5.41, 5.74) is -2.03. The average Bonchev–Trinajstić information content (AvgIpc) is 2.98. The molecule has 0 spiro atoms. The lowest BCUT2D eigenvalue weighted by Gasteiger charge is -2.15. The van der Waals surface area contributed by atoms with E-state index >= 15 is 0 Å². The summed E-state index contributed by atoms with van der Waals surface area (Å²) in [6.45, 7) is 0. The highest BCUT2D eigenvalue weighted by Crippen LogP contribution is 2.37. The summed E-state index contributed by atoms with van der Waals surface area (Å²) in [4.78, 5) is 24.1. The zero-order valence-corrected chi connectivity index (χ0v) is 16.5. The Morgan fingerprint density at radius 2 is 1.72 bits per heavy atom. The molecule has 3 aromatic rings. The van der Waals surface area contributed by atoms with Gasteiger partial charge in [-0.2, -0.15) is 18.3 Å². The molecule has 2 N–H and O–H groups in total. The first-order chi connectivity index (χ1) is 13.6. The highest BCUT2D eigenvalue weighted by atomic mass is 79.9. The number of amides is 1. The Labute approximate surface area is 175 Å². The van der Waals surface area contributed by atoms with Crippen LogP contribution in [-0.2, 0) is 6.18 Å². The van der Waals surface area contributed by atoms with Crippen LogP contribution in [0, 0.1) is 0 Å². The second kappa shape index (κ2) is 7.88. The summed E-state index contributed by atoms with van der Waals surface area (Å²) in [6, 6.07) is 10.5. The molecular weight excluding hydrogens is 479 g/mol. The van der Waals surface area contributed by atoms with Crippen molar-refractivity contribution < 1.29 is 27.9 Å². The predicted octanol–water partition coefficient (Wildman–Crippen LogP) is 5.26. The van der Waals surface area contributed by atoms with Crippen LogP contribution in [0.5, 0.6) is 0 Å². The minimum Gasteiger partial charge on any atom is -0.476 e. The molecular formula is C18H10BrClF3N3O3. The largest absolute Gasteiger partial charge is 0.476 e. The van der Waals surface area contributed by atoms with E-state index < -0.39 is 35.0 Å². The molecule has 11 heteroatoms. The Hall–Kier alpha value is -2.85. The van der Waals surface area contributed by atoms with Gasteiger partial charge < -0.3 is 10.4 Å². The molecule has 0 bridgehead atoms. The topological polar surface area (TPSA) is 84.2 Å². The van der Waals surface area contributed by atoms with Gasteiger partial charge in [-0.3, -0.25) is 4.79 Å². The number of carboxylic acids is 1. The molecule has 0 unspecified atom stereocenters. The number of hydrogen-bond acceptors (Lipinski definition) is 3. The van der Waals surface area contributed by atoms with Crippen molar-refractivity contribution in [2.24, 2.45) is 0 Å².